The molecule has 0 amide bonds. The number of aliphatic imine (C=N–C) groups is 1. The number of furan rings is 1. The average Bonchev–Trinajstić information content (AvgIpc) is 3.03. The predicted molar refractivity (Wildman–Crippen MR) is 78.7 cm³/mol. The summed E-state index contributed by atoms with van der Waals surface area (Å²) in [6.07, 6.45) is 2.07. The Morgan fingerprint density at radius 3 is 2.90 bits per heavy atom. The molecule has 20 heavy (non-hydrogen) atoms. The lowest BCUT2D eigenvalue weighted by Crippen LogP contribution is -1.87. The first-order chi connectivity index (χ1) is 9.63. The van der Waals surface area contributed by atoms with Gasteiger partial charge in [-0.25, -0.2) is 9.98 Å². The van der Waals surface area contributed by atoms with Crippen molar-refractivity contribution < 1.29 is 9.34 Å². The van der Waals surface area contributed by atoms with Gasteiger partial charge in [-0.05, 0) is 12.5 Å². The van der Waals surface area contributed by atoms with Crippen LogP contribution < -0.4 is 0 Å². The second-order valence-corrected chi connectivity index (χ2v) is 5.34. The predicted octanol–water partition coefficient (Wildman–Crippen LogP) is 3.92. The minimum Gasteiger partial charge on any atom is -0.400 e. The van der Waals surface area contributed by atoms with E-state index in [1.54, 1.807) is 0 Å². The topological polar surface area (TPSA) is 81.5 Å². The maximum absolute atomic E-state index is 10.5. The molecule has 0 aromatic carbocycles. The van der Waals surface area contributed by atoms with Crippen LogP contribution in [0.3, 0.4) is 0 Å². The normalized spacial score (nSPS) is 11.3. The smallest absolute Gasteiger partial charge is 0.400 e. The second-order valence-electron chi connectivity index (χ2n) is 3.63. The molecule has 0 unspecified atom stereocenters. The van der Waals surface area contributed by atoms with E-state index < -0.39 is 4.92 Å². The minimum absolute atomic E-state index is 0.290. The molecule has 0 N–H and O–H groups in total. The standard InChI is InChI=1S/C11H9Cl2N3O3S/c12-4-3-9-8(5-13)15-11(20-9)14-6-7-1-2-10(19-7)16(17)18/h1-2,6H,3-5H2. The van der Waals surface area contributed by atoms with E-state index in [0.717, 1.165) is 10.6 Å². The molecule has 0 atom stereocenters. The molecule has 0 saturated carbocycles. The molecule has 6 nitrogen and oxygen atoms in total. The van der Waals surface area contributed by atoms with Gasteiger partial charge in [0.1, 0.15) is 4.92 Å². The lowest BCUT2D eigenvalue weighted by Gasteiger charge is -1.92. The van der Waals surface area contributed by atoms with E-state index in [1.165, 1.54) is 29.7 Å². The van der Waals surface area contributed by atoms with Crippen LogP contribution in [0.1, 0.15) is 16.3 Å². The van der Waals surface area contributed by atoms with E-state index in [2.05, 4.69) is 9.98 Å². The van der Waals surface area contributed by atoms with Crippen molar-refractivity contribution in [3.8, 4) is 0 Å². The summed E-state index contributed by atoms with van der Waals surface area (Å²) >= 11 is 12.9. The number of nitrogens with zero attached hydrogens (tertiary/aromatic N) is 3. The fourth-order valence-corrected chi connectivity index (χ4v) is 2.96. The molecule has 0 bridgehead atoms. The van der Waals surface area contributed by atoms with Crippen LogP contribution in [0, 0.1) is 10.1 Å². The molecule has 9 heteroatoms. The van der Waals surface area contributed by atoms with Gasteiger partial charge in [0.2, 0.25) is 5.13 Å². The Bertz CT molecular complexity index is 639. The number of rotatable bonds is 6. The van der Waals surface area contributed by atoms with Gasteiger partial charge in [0.15, 0.2) is 5.76 Å². The van der Waals surface area contributed by atoms with Crippen molar-refractivity contribution in [2.45, 2.75) is 12.3 Å². The minimum atomic E-state index is -0.606. The fraction of sp³-hybridized carbons (Fsp3) is 0.273. The number of aromatic nitrogens is 1. The zero-order valence-corrected chi connectivity index (χ0v) is 12.4. The SMILES string of the molecule is O=[N+]([O-])c1ccc(C=Nc2nc(CCl)c(CCCl)s2)o1. The summed E-state index contributed by atoms with van der Waals surface area (Å²) in [5.41, 5.74) is 0.759. The molecule has 0 aliphatic rings. The Labute approximate surface area is 128 Å². The Kier molecular flexibility index (Phi) is 5.11. The highest BCUT2D eigenvalue weighted by atomic mass is 35.5. The van der Waals surface area contributed by atoms with Crippen molar-refractivity contribution in [3.63, 3.8) is 0 Å². The first-order valence-electron chi connectivity index (χ1n) is 5.53. The Balaban J connectivity index is 2.15. The van der Waals surface area contributed by atoms with Crippen molar-refractivity contribution in [2.75, 3.05) is 5.88 Å². The molecule has 106 valence electrons. The summed E-state index contributed by atoms with van der Waals surface area (Å²) in [6, 6.07) is 2.74. The quantitative estimate of drug-likeness (QED) is 0.347. The first-order valence-corrected chi connectivity index (χ1v) is 7.41. The van der Waals surface area contributed by atoms with E-state index in [-0.39, 0.29) is 5.88 Å². The van der Waals surface area contributed by atoms with Gasteiger partial charge in [-0.3, -0.25) is 10.1 Å². The zero-order valence-electron chi connectivity index (χ0n) is 10.1. The van der Waals surface area contributed by atoms with Gasteiger partial charge in [-0.1, -0.05) is 11.3 Å². The van der Waals surface area contributed by atoms with E-state index in [0.29, 0.717) is 29.1 Å². The number of aryl methyl sites for hydroxylation is 1. The maximum atomic E-state index is 10.5. The highest BCUT2D eigenvalue weighted by Gasteiger charge is 2.11. The molecule has 0 saturated heterocycles. The molecule has 2 aromatic rings. The Hall–Kier alpha value is -1.44. The number of alkyl halides is 2. The largest absolute Gasteiger partial charge is 0.433 e. The molecule has 0 radical (unpaired) electrons. The van der Waals surface area contributed by atoms with Gasteiger partial charge in [0.25, 0.3) is 0 Å². The van der Waals surface area contributed by atoms with Crippen LogP contribution in [0.5, 0.6) is 0 Å². The van der Waals surface area contributed by atoms with Crippen molar-refractivity contribution in [3.05, 3.63) is 38.6 Å². The molecule has 2 heterocycles. The van der Waals surface area contributed by atoms with Gasteiger partial charge in [0.05, 0.1) is 23.9 Å². The molecular weight excluding hydrogens is 325 g/mol. The van der Waals surface area contributed by atoms with Crippen molar-refractivity contribution in [1.29, 1.82) is 0 Å². The first kappa shape index (κ1) is 15.0. The van der Waals surface area contributed by atoms with Gasteiger partial charge < -0.3 is 4.42 Å². The average molecular weight is 334 g/mol. The Morgan fingerprint density at radius 1 is 1.50 bits per heavy atom. The Morgan fingerprint density at radius 2 is 2.30 bits per heavy atom. The van der Waals surface area contributed by atoms with Gasteiger partial charge in [0, 0.05) is 10.8 Å². The molecular formula is C11H9Cl2N3O3S. The van der Waals surface area contributed by atoms with Crippen LogP contribution >= 0.6 is 34.5 Å². The zero-order chi connectivity index (χ0) is 14.5. The summed E-state index contributed by atoms with van der Waals surface area (Å²) in [7, 11) is 0. The van der Waals surface area contributed by atoms with Crippen LogP contribution in [-0.4, -0.2) is 22.0 Å². The van der Waals surface area contributed by atoms with Crippen LogP contribution in [0.2, 0.25) is 0 Å². The fourth-order valence-electron chi connectivity index (χ4n) is 1.44. The summed E-state index contributed by atoms with van der Waals surface area (Å²) in [5, 5.41) is 11.0. The molecule has 2 aromatic heterocycles. The van der Waals surface area contributed by atoms with Crippen molar-refractivity contribution >= 4 is 51.8 Å². The van der Waals surface area contributed by atoms with Crippen LogP contribution in [0.15, 0.2) is 21.5 Å². The second kappa shape index (κ2) is 6.83. The van der Waals surface area contributed by atoms with Gasteiger partial charge in [-0.2, -0.15) is 0 Å². The highest BCUT2D eigenvalue weighted by Crippen LogP contribution is 2.27. The van der Waals surface area contributed by atoms with Crippen LogP contribution in [0.25, 0.3) is 0 Å². The van der Waals surface area contributed by atoms with E-state index in [4.69, 9.17) is 27.6 Å². The number of hydrogen-bond donors (Lipinski definition) is 0. The van der Waals surface area contributed by atoms with Crippen LogP contribution in [-0.2, 0) is 12.3 Å². The van der Waals surface area contributed by atoms with Gasteiger partial charge >= 0.3 is 5.88 Å². The number of hydrogen-bond acceptors (Lipinski definition) is 6. The maximum Gasteiger partial charge on any atom is 0.433 e. The van der Waals surface area contributed by atoms with Crippen molar-refractivity contribution in [1.82, 2.24) is 4.98 Å². The van der Waals surface area contributed by atoms with Crippen LogP contribution in [0.4, 0.5) is 11.0 Å². The summed E-state index contributed by atoms with van der Waals surface area (Å²) in [4.78, 5) is 19.2. The van der Waals surface area contributed by atoms with E-state index in [9.17, 15) is 10.1 Å². The third kappa shape index (κ3) is 3.56. The lowest BCUT2D eigenvalue weighted by molar-refractivity contribution is -0.402. The number of nitro groups is 1. The third-order valence-corrected chi connectivity index (χ3v) is 3.82. The third-order valence-electron chi connectivity index (χ3n) is 2.31. The summed E-state index contributed by atoms with van der Waals surface area (Å²) in [5.74, 6) is 0.748. The molecule has 2 rings (SSSR count). The van der Waals surface area contributed by atoms with Crippen molar-refractivity contribution in [2.24, 2.45) is 4.99 Å². The molecule has 0 aliphatic carbocycles. The summed E-state index contributed by atoms with van der Waals surface area (Å²) in [6.45, 7) is 0. The highest BCUT2D eigenvalue weighted by molar-refractivity contribution is 7.15. The summed E-state index contributed by atoms with van der Waals surface area (Å²) < 4.78 is 4.96. The lowest BCUT2D eigenvalue weighted by atomic mass is 10.3. The molecule has 0 fully saturated rings. The van der Waals surface area contributed by atoms with E-state index >= 15 is 0 Å². The molecule has 0 aliphatic heterocycles. The number of thiazole rings is 1. The monoisotopic (exact) mass is 333 g/mol. The van der Waals surface area contributed by atoms with Gasteiger partial charge in [-0.15, -0.1) is 23.2 Å². The number of halogens is 2. The van der Waals surface area contributed by atoms with E-state index in [1.807, 2.05) is 0 Å². The molecule has 0 spiro atoms.